The van der Waals surface area contributed by atoms with Crippen molar-refractivity contribution in [2.45, 2.75) is 33.7 Å². The third-order valence-electron chi connectivity index (χ3n) is 2.92. The Kier molecular flexibility index (Phi) is 4.10. The van der Waals surface area contributed by atoms with Gasteiger partial charge in [0.2, 0.25) is 5.89 Å². The van der Waals surface area contributed by atoms with Crippen LogP contribution in [-0.2, 0) is 13.0 Å². The van der Waals surface area contributed by atoms with E-state index in [1.165, 1.54) is 16.7 Å². The number of hydrogen-bond acceptors (Lipinski definition) is 4. The summed E-state index contributed by atoms with van der Waals surface area (Å²) in [6.07, 6.45) is 0.794. The van der Waals surface area contributed by atoms with Crippen LogP contribution in [0.2, 0.25) is 0 Å². The van der Waals surface area contributed by atoms with Crippen LogP contribution in [0.5, 0.6) is 0 Å². The summed E-state index contributed by atoms with van der Waals surface area (Å²) < 4.78 is 4.93. The van der Waals surface area contributed by atoms with Crippen LogP contribution in [0.25, 0.3) is 0 Å². The molecule has 0 aliphatic carbocycles. The summed E-state index contributed by atoms with van der Waals surface area (Å²) in [5.41, 5.74) is 3.97. The van der Waals surface area contributed by atoms with Gasteiger partial charge in [-0.15, -0.1) is 0 Å². The first-order valence-electron chi connectivity index (χ1n) is 6.21. The Bertz CT molecular complexity index is 520. The maximum absolute atomic E-state index is 4.93. The van der Waals surface area contributed by atoms with Gasteiger partial charge in [0.1, 0.15) is 0 Å². The molecule has 0 unspecified atom stereocenters. The van der Waals surface area contributed by atoms with E-state index in [0.29, 0.717) is 5.89 Å². The second-order valence-corrected chi connectivity index (χ2v) is 4.59. The van der Waals surface area contributed by atoms with Gasteiger partial charge in [0.05, 0.1) is 0 Å². The first kappa shape index (κ1) is 12.8. The van der Waals surface area contributed by atoms with E-state index in [9.17, 15) is 0 Å². The molecule has 1 aromatic heterocycles. The van der Waals surface area contributed by atoms with Crippen molar-refractivity contribution in [2.75, 3.05) is 6.54 Å². The molecule has 0 aliphatic heterocycles. The third kappa shape index (κ3) is 3.40. The van der Waals surface area contributed by atoms with Crippen molar-refractivity contribution < 1.29 is 4.52 Å². The third-order valence-corrected chi connectivity index (χ3v) is 2.92. The van der Waals surface area contributed by atoms with Crippen molar-refractivity contribution in [1.29, 1.82) is 0 Å². The average molecular weight is 245 g/mol. The fraction of sp³-hybridized carbons (Fsp3) is 0.429. The molecule has 0 radical (unpaired) electrons. The molecule has 1 heterocycles. The highest BCUT2D eigenvalue weighted by molar-refractivity contribution is 5.30. The number of aromatic nitrogens is 2. The number of nitrogens with one attached hydrogen (secondary N) is 1. The Morgan fingerprint density at radius 1 is 1.22 bits per heavy atom. The minimum absolute atomic E-state index is 0.625. The number of hydrogen-bond donors (Lipinski definition) is 1. The monoisotopic (exact) mass is 245 g/mol. The van der Waals surface area contributed by atoms with Gasteiger partial charge < -0.3 is 9.84 Å². The van der Waals surface area contributed by atoms with Gasteiger partial charge in [-0.25, -0.2) is 0 Å². The minimum atomic E-state index is 0.625. The maximum Gasteiger partial charge on any atom is 0.223 e. The van der Waals surface area contributed by atoms with Gasteiger partial charge in [-0.3, -0.25) is 0 Å². The Morgan fingerprint density at radius 2 is 2.06 bits per heavy atom. The Hall–Kier alpha value is -1.68. The fourth-order valence-corrected chi connectivity index (χ4v) is 1.86. The lowest BCUT2D eigenvalue weighted by Gasteiger charge is -2.08. The molecule has 0 spiro atoms. The minimum Gasteiger partial charge on any atom is -0.340 e. The molecule has 4 nitrogen and oxygen atoms in total. The van der Waals surface area contributed by atoms with Gasteiger partial charge >= 0.3 is 0 Å². The molecule has 2 aromatic rings. The SMILES string of the molecule is Cc1ccc(C)c(CNCCc2noc(C)n2)c1. The number of aryl methyl sites for hydroxylation is 3. The first-order chi connectivity index (χ1) is 8.65. The average Bonchev–Trinajstić information content (AvgIpc) is 2.75. The summed E-state index contributed by atoms with van der Waals surface area (Å²) in [7, 11) is 0. The van der Waals surface area contributed by atoms with Crippen molar-refractivity contribution in [3.63, 3.8) is 0 Å². The zero-order valence-corrected chi connectivity index (χ0v) is 11.2. The summed E-state index contributed by atoms with van der Waals surface area (Å²) in [5, 5.41) is 7.27. The quantitative estimate of drug-likeness (QED) is 0.821. The van der Waals surface area contributed by atoms with Crippen LogP contribution in [0.3, 0.4) is 0 Å². The number of benzene rings is 1. The highest BCUT2D eigenvalue weighted by atomic mass is 16.5. The van der Waals surface area contributed by atoms with E-state index in [0.717, 1.165) is 25.3 Å². The molecule has 1 aromatic carbocycles. The van der Waals surface area contributed by atoms with Crippen molar-refractivity contribution in [2.24, 2.45) is 0 Å². The first-order valence-corrected chi connectivity index (χ1v) is 6.21. The van der Waals surface area contributed by atoms with E-state index in [1.54, 1.807) is 6.92 Å². The summed E-state index contributed by atoms with van der Waals surface area (Å²) in [5.74, 6) is 1.39. The van der Waals surface area contributed by atoms with Crippen LogP contribution < -0.4 is 5.32 Å². The van der Waals surface area contributed by atoms with Gasteiger partial charge in [0, 0.05) is 26.4 Å². The molecule has 4 heteroatoms. The Labute approximate surface area is 107 Å². The molecular weight excluding hydrogens is 226 g/mol. The molecule has 96 valence electrons. The largest absolute Gasteiger partial charge is 0.340 e. The summed E-state index contributed by atoms with van der Waals surface area (Å²) >= 11 is 0. The van der Waals surface area contributed by atoms with E-state index < -0.39 is 0 Å². The zero-order valence-electron chi connectivity index (χ0n) is 11.2. The lowest BCUT2D eigenvalue weighted by Crippen LogP contribution is -2.17. The predicted molar refractivity (Wildman–Crippen MR) is 70.4 cm³/mol. The molecule has 2 rings (SSSR count). The molecule has 0 amide bonds. The van der Waals surface area contributed by atoms with Crippen LogP contribution in [0, 0.1) is 20.8 Å². The number of nitrogens with zero attached hydrogens (tertiary/aromatic N) is 2. The van der Waals surface area contributed by atoms with E-state index in [4.69, 9.17) is 4.52 Å². The fourth-order valence-electron chi connectivity index (χ4n) is 1.86. The van der Waals surface area contributed by atoms with Crippen LogP contribution >= 0.6 is 0 Å². The van der Waals surface area contributed by atoms with E-state index in [1.807, 2.05) is 0 Å². The molecule has 0 bridgehead atoms. The lowest BCUT2D eigenvalue weighted by atomic mass is 10.1. The van der Waals surface area contributed by atoms with Gasteiger partial charge in [0.15, 0.2) is 5.82 Å². The van der Waals surface area contributed by atoms with Crippen LogP contribution in [0.4, 0.5) is 0 Å². The highest BCUT2D eigenvalue weighted by Gasteiger charge is 2.02. The van der Waals surface area contributed by atoms with Crippen molar-refractivity contribution in [3.8, 4) is 0 Å². The van der Waals surface area contributed by atoms with Crippen molar-refractivity contribution >= 4 is 0 Å². The van der Waals surface area contributed by atoms with E-state index in [2.05, 4.69) is 47.5 Å². The molecule has 0 saturated carbocycles. The van der Waals surface area contributed by atoms with Crippen LogP contribution in [0.1, 0.15) is 28.4 Å². The zero-order chi connectivity index (χ0) is 13.0. The smallest absolute Gasteiger partial charge is 0.223 e. The van der Waals surface area contributed by atoms with Gasteiger partial charge in [-0.1, -0.05) is 28.9 Å². The van der Waals surface area contributed by atoms with Crippen LogP contribution in [0.15, 0.2) is 22.7 Å². The Balaban J connectivity index is 1.80. The van der Waals surface area contributed by atoms with Crippen molar-refractivity contribution in [3.05, 3.63) is 46.6 Å². The van der Waals surface area contributed by atoms with E-state index in [-0.39, 0.29) is 0 Å². The summed E-state index contributed by atoms with van der Waals surface area (Å²) in [6, 6.07) is 6.52. The second kappa shape index (κ2) is 5.78. The predicted octanol–water partition coefficient (Wildman–Crippen LogP) is 2.33. The maximum atomic E-state index is 4.93. The van der Waals surface area contributed by atoms with Crippen molar-refractivity contribution in [1.82, 2.24) is 15.5 Å². The number of rotatable bonds is 5. The van der Waals surface area contributed by atoms with Gasteiger partial charge in [0.25, 0.3) is 0 Å². The normalized spacial score (nSPS) is 10.8. The highest BCUT2D eigenvalue weighted by Crippen LogP contribution is 2.10. The van der Waals surface area contributed by atoms with Gasteiger partial charge in [-0.2, -0.15) is 4.98 Å². The van der Waals surface area contributed by atoms with Gasteiger partial charge in [-0.05, 0) is 25.0 Å². The standard InChI is InChI=1S/C14H19N3O/c1-10-4-5-11(2)13(8-10)9-15-7-6-14-16-12(3)18-17-14/h4-5,8,15H,6-7,9H2,1-3H3. The summed E-state index contributed by atoms with van der Waals surface area (Å²) in [4.78, 5) is 4.17. The summed E-state index contributed by atoms with van der Waals surface area (Å²) in [6.45, 7) is 7.79. The van der Waals surface area contributed by atoms with Crippen LogP contribution in [-0.4, -0.2) is 16.7 Å². The molecule has 0 atom stereocenters. The topological polar surface area (TPSA) is 51.0 Å². The molecule has 1 N–H and O–H groups in total. The lowest BCUT2D eigenvalue weighted by molar-refractivity contribution is 0.387. The molecule has 0 saturated heterocycles. The molecule has 0 fully saturated rings. The molecule has 18 heavy (non-hydrogen) atoms. The van der Waals surface area contributed by atoms with E-state index >= 15 is 0 Å². The molecular formula is C14H19N3O. The Morgan fingerprint density at radius 3 is 2.78 bits per heavy atom. The second-order valence-electron chi connectivity index (χ2n) is 4.59. The molecule has 0 aliphatic rings.